The van der Waals surface area contributed by atoms with Gasteiger partial charge in [-0.15, -0.1) is 0 Å². The third-order valence-electron chi connectivity index (χ3n) is 3.66. The molecule has 0 bridgehead atoms. The van der Waals surface area contributed by atoms with Crippen molar-refractivity contribution >= 4 is 40.9 Å². The first-order valence-electron chi connectivity index (χ1n) is 9.76. The molecule has 0 N–H and O–H groups in total. The number of esters is 2. The van der Waals surface area contributed by atoms with E-state index in [1.54, 1.807) is 0 Å². The average molecular weight is 562 g/mol. The van der Waals surface area contributed by atoms with Crippen LogP contribution < -0.4 is 0 Å². The second-order valence-corrected chi connectivity index (χ2v) is 9.00. The number of nitrogens with zero attached hydrogens (tertiary/aromatic N) is 1. The Hall–Kier alpha value is -1.95. The molecular formula is C19H24BrF3NO8P. The van der Waals surface area contributed by atoms with E-state index >= 15 is 0 Å². The van der Waals surface area contributed by atoms with Crippen LogP contribution in [0, 0.1) is 0 Å². The van der Waals surface area contributed by atoms with E-state index in [4.69, 9.17) is 23.4 Å². The first-order chi connectivity index (χ1) is 15.4. The fraction of sp³-hybridized carbons (Fsp3) is 0.526. The standard InChI is InChI=1S/C19H24BrF3NO8P/c1-5-28-16(25)18(20,17(26)29-6-2)32-24-15(33(27,30-7-3)31-8-4)13-9-11-14(12-10-13)19(21,22)23/h9-12H,5-8H2,1-4H3/b24-15-. The number of hydrogen-bond donors (Lipinski definition) is 0. The van der Waals surface area contributed by atoms with E-state index in [-0.39, 0.29) is 32.0 Å². The largest absolute Gasteiger partial charge is 0.462 e. The molecule has 0 aromatic heterocycles. The Labute approximate surface area is 197 Å². The van der Waals surface area contributed by atoms with Gasteiger partial charge in [-0.1, -0.05) is 17.3 Å². The summed E-state index contributed by atoms with van der Waals surface area (Å²) in [4.78, 5) is 29.8. The van der Waals surface area contributed by atoms with Crippen molar-refractivity contribution in [2.24, 2.45) is 5.16 Å². The number of alkyl halides is 4. The Bertz CT molecular complexity index is 864. The normalized spacial score (nSPS) is 12.9. The monoisotopic (exact) mass is 561 g/mol. The first-order valence-corrected chi connectivity index (χ1v) is 12.1. The zero-order valence-corrected chi connectivity index (χ0v) is 20.8. The predicted octanol–water partition coefficient (Wildman–Crippen LogP) is 4.87. The highest BCUT2D eigenvalue weighted by atomic mass is 79.9. The first kappa shape index (κ1) is 29.1. The summed E-state index contributed by atoms with van der Waals surface area (Å²) in [5, 5.41) is 3.65. The molecule has 0 amide bonds. The number of hydrogen-bond acceptors (Lipinski definition) is 9. The minimum Gasteiger partial charge on any atom is -0.462 e. The molecule has 0 aliphatic carbocycles. The topological polar surface area (TPSA) is 110 Å². The maximum absolute atomic E-state index is 13.4. The van der Waals surface area contributed by atoms with Crippen molar-refractivity contribution in [3.63, 3.8) is 0 Å². The molecule has 0 spiro atoms. The highest BCUT2D eigenvalue weighted by Crippen LogP contribution is 2.52. The highest BCUT2D eigenvalue weighted by Gasteiger charge is 2.51. The Kier molecular flexibility index (Phi) is 11.0. The van der Waals surface area contributed by atoms with Crippen LogP contribution >= 0.6 is 23.5 Å². The van der Waals surface area contributed by atoms with E-state index in [1.165, 1.54) is 27.7 Å². The zero-order chi connectivity index (χ0) is 25.3. The minimum absolute atomic E-state index is 0.119. The van der Waals surface area contributed by atoms with E-state index in [0.717, 1.165) is 24.3 Å². The maximum Gasteiger partial charge on any atom is 0.416 e. The molecule has 0 saturated carbocycles. The van der Waals surface area contributed by atoms with E-state index in [0.29, 0.717) is 0 Å². The molecule has 0 atom stereocenters. The van der Waals surface area contributed by atoms with E-state index in [1.807, 2.05) is 0 Å². The smallest absolute Gasteiger partial charge is 0.416 e. The van der Waals surface area contributed by atoms with Gasteiger partial charge in [0, 0.05) is 5.56 Å². The second kappa shape index (κ2) is 12.5. The van der Waals surface area contributed by atoms with Crippen LogP contribution in [0.5, 0.6) is 0 Å². The average Bonchev–Trinajstić information content (AvgIpc) is 2.74. The fourth-order valence-electron chi connectivity index (χ4n) is 2.28. The molecule has 0 heterocycles. The molecule has 1 aromatic rings. The Morgan fingerprint density at radius 2 is 1.36 bits per heavy atom. The van der Waals surface area contributed by atoms with Crippen molar-refractivity contribution in [3.05, 3.63) is 35.4 Å². The number of benzene rings is 1. The van der Waals surface area contributed by atoms with Crippen LogP contribution in [0.3, 0.4) is 0 Å². The van der Waals surface area contributed by atoms with Crippen molar-refractivity contribution < 1.29 is 50.7 Å². The molecule has 1 rings (SSSR count). The Balaban J connectivity index is 3.61. The molecule has 0 fully saturated rings. The summed E-state index contributed by atoms with van der Waals surface area (Å²) in [5.41, 5.74) is -1.67. The van der Waals surface area contributed by atoms with E-state index < -0.39 is 41.2 Å². The molecule has 14 heteroatoms. The molecule has 1 aromatic carbocycles. The van der Waals surface area contributed by atoms with Crippen LogP contribution in [-0.4, -0.2) is 48.3 Å². The van der Waals surface area contributed by atoms with Crippen LogP contribution in [0.1, 0.15) is 38.8 Å². The van der Waals surface area contributed by atoms with Gasteiger partial charge < -0.3 is 23.4 Å². The third-order valence-corrected chi connectivity index (χ3v) is 6.51. The summed E-state index contributed by atoms with van der Waals surface area (Å²) in [5.74, 6) is -2.44. The predicted molar refractivity (Wildman–Crippen MR) is 115 cm³/mol. The van der Waals surface area contributed by atoms with Gasteiger partial charge in [0.25, 0.3) is 0 Å². The molecule has 0 saturated heterocycles. The summed E-state index contributed by atoms with van der Waals surface area (Å²) in [6, 6.07) is 3.40. The number of rotatable bonds is 12. The van der Waals surface area contributed by atoms with Gasteiger partial charge in [0.1, 0.15) is 0 Å². The van der Waals surface area contributed by atoms with Gasteiger partial charge in [-0.25, -0.2) is 9.59 Å². The van der Waals surface area contributed by atoms with Gasteiger partial charge in [-0.3, -0.25) is 4.57 Å². The summed E-state index contributed by atoms with van der Waals surface area (Å²) in [7, 11) is -4.27. The molecule has 0 radical (unpaired) electrons. The quantitative estimate of drug-likeness (QED) is 0.0887. The van der Waals surface area contributed by atoms with Crippen molar-refractivity contribution in [1.29, 1.82) is 0 Å². The lowest BCUT2D eigenvalue weighted by molar-refractivity contribution is -0.176. The molecule has 0 aliphatic heterocycles. The Morgan fingerprint density at radius 1 is 0.909 bits per heavy atom. The van der Waals surface area contributed by atoms with Crippen molar-refractivity contribution in [2.45, 2.75) is 38.4 Å². The van der Waals surface area contributed by atoms with Gasteiger partial charge in [0.15, 0.2) is 5.45 Å². The number of carbonyl (C=O) groups is 2. The number of halogens is 4. The SMILES string of the molecule is CCOC(=O)C(Br)(O/N=C(/c1ccc(C(F)(F)F)cc1)P(=O)(OCC)OCC)C(=O)OCC. The van der Waals surface area contributed by atoms with Crippen LogP contribution in [0.25, 0.3) is 0 Å². The minimum atomic E-state index is -4.62. The van der Waals surface area contributed by atoms with E-state index in [9.17, 15) is 27.3 Å². The fourth-order valence-corrected chi connectivity index (χ4v) is 4.19. The zero-order valence-electron chi connectivity index (χ0n) is 18.3. The van der Waals surface area contributed by atoms with Crippen LogP contribution in [0.15, 0.2) is 29.4 Å². The van der Waals surface area contributed by atoms with Crippen LogP contribution in [0.4, 0.5) is 13.2 Å². The van der Waals surface area contributed by atoms with Gasteiger partial charge >= 0.3 is 30.2 Å². The van der Waals surface area contributed by atoms with Gasteiger partial charge in [0.05, 0.1) is 32.0 Å². The van der Waals surface area contributed by atoms with Crippen molar-refractivity contribution in [3.8, 4) is 0 Å². The maximum atomic E-state index is 13.4. The number of carbonyl (C=O) groups excluding carboxylic acids is 2. The van der Waals surface area contributed by atoms with Gasteiger partial charge in [-0.2, -0.15) is 13.2 Å². The third kappa shape index (κ3) is 7.53. The summed E-state index contributed by atoms with van der Waals surface area (Å²) in [6.45, 7) is 5.48. The van der Waals surface area contributed by atoms with Crippen LogP contribution in [-0.2, 0) is 43.7 Å². The van der Waals surface area contributed by atoms with Gasteiger partial charge in [0.2, 0.25) is 0 Å². The molecule has 186 valence electrons. The molecule has 0 aliphatic rings. The van der Waals surface area contributed by atoms with Crippen molar-refractivity contribution in [2.75, 3.05) is 26.4 Å². The van der Waals surface area contributed by atoms with Crippen LogP contribution in [0.2, 0.25) is 0 Å². The summed E-state index contributed by atoms with van der Waals surface area (Å²) >= 11 is 2.80. The lowest BCUT2D eigenvalue weighted by Gasteiger charge is -2.23. The van der Waals surface area contributed by atoms with Gasteiger partial charge in [-0.05, 0) is 55.8 Å². The summed E-state index contributed by atoms with van der Waals surface area (Å²) < 4.78 is 69.7. The molecule has 9 nitrogen and oxygen atoms in total. The lowest BCUT2D eigenvalue weighted by atomic mass is 10.1. The molecule has 0 unspecified atom stereocenters. The number of oxime groups is 1. The highest BCUT2D eigenvalue weighted by molar-refractivity contribution is 9.10. The molecular weight excluding hydrogens is 538 g/mol. The second-order valence-electron chi connectivity index (χ2n) is 5.95. The number of ether oxygens (including phenoxy) is 2. The molecule has 33 heavy (non-hydrogen) atoms. The lowest BCUT2D eigenvalue weighted by Crippen LogP contribution is -2.45. The Morgan fingerprint density at radius 3 is 1.73 bits per heavy atom. The summed E-state index contributed by atoms with van der Waals surface area (Å²) in [6.07, 6.45) is -4.62. The van der Waals surface area contributed by atoms with E-state index in [2.05, 4.69) is 21.1 Å². The van der Waals surface area contributed by atoms with Crippen molar-refractivity contribution in [1.82, 2.24) is 0 Å².